The summed E-state index contributed by atoms with van der Waals surface area (Å²) in [6, 6.07) is 17.3. The minimum Gasteiger partial charge on any atom is -0.497 e. The van der Waals surface area contributed by atoms with E-state index < -0.39 is 5.69 Å². The first-order valence-corrected chi connectivity index (χ1v) is 10.3. The second kappa shape index (κ2) is 8.71. The minimum atomic E-state index is -0.460. The molecule has 0 bridgehead atoms. The molecule has 1 saturated carbocycles. The maximum Gasteiger partial charge on any atom is 0.331 e. The van der Waals surface area contributed by atoms with Crippen molar-refractivity contribution < 1.29 is 9.47 Å². The Morgan fingerprint density at radius 2 is 1.90 bits per heavy atom. The Bertz CT molecular complexity index is 1100. The van der Waals surface area contributed by atoms with Crippen molar-refractivity contribution in [3.05, 3.63) is 86.6 Å². The molecule has 1 heterocycles. The number of hydrogen-bond donors (Lipinski definition) is 1. The monoisotopic (exact) mass is 410 g/mol. The molecule has 4 rings (SSSR count). The van der Waals surface area contributed by atoms with Gasteiger partial charge in [0.05, 0.1) is 24.3 Å². The first-order chi connectivity index (χ1) is 14.2. The molecule has 1 aromatic heterocycles. The van der Waals surface area contributed by atoms with Crippen molar-refractivity contribution in [1.29, 1.82) is 0 Å². The predicted octanol–water partition coefficient (Wildman–Crippen LogP) is 3.75. The summed E-state index contributed by atoms with van der Waals surface area (Å²) < 4.78 is 12.6. The fourth-order valence-corrected chi connectivity index (χ4v) is 4.29. The summed E-state index contributed by atoms with van der Waals surface area (Å²) in [4.78, 5) is 28.5. The van der Waals surface area contributed by atoms with Crippen molar-refractivity contribution in [2.24, 2.45) is 0 Å². The smallest absolute Gasteiger partial charge is 0.331 e. The Balaban J connectivity index is 1.66. The average molecular weight is 410 g/mol. The molecule has 1 N–H and O–H groups in total. The highest BCUT2D eigenvalue weighted by Gasteiger charge is 2.31. The molecule has 2 aromatic carbocycles. The van der Waals surface area contributed by atoms with Crippen molar-refractivity contribution in [2.45, 2.75) is 42.0 Å². The van der Waals surface area contributed by atoms with Crippen LogP contribution in [-0.4, -0.2) is 16.7 Å². The third-order valence-electron chi connectivity index (χ3n) is 4.76. The molecule has 29 heavy (non-hydrogen) atoms. The van der Waals surface area contributed by atoms with Crippen LogP contribution in [0.5, 0.6) is 5.75 Å². The van der Waals surface area contributed by atoms with Gasteiger partial charge in [-0.25, -0.2) is 4.79 Å². The van der Waals surface area contributed by atoms with Crippen molar-refractivity contribution in [3.63, 3.8) is 0 Å². The van der Waals surface area contributed by atoms with E-state index in [9.17, 15) is 9.59 Å². The van der Waals surface area contributed by atoms with Crippen LogP contribution < -0.4 is 16.0 Å². The molecule has 3 aromatic rings. The lowest BCUT2D eigenvalue weighted by Crippen LogP contribution is -2.34. The van der Waals surface area contributed by atoms with E-state index in [2.05, 4.69) is 4.98 Å². The summed E-state index contributed by atoms with van der Waals surface area (Å²) >= 11 is 1.40. The van der Waals surface area contributed by atoms with E-state index in [1.54, 1.807) is 7.11 Å². The van der Waals surface area contributed by atoms with Crippen LogP contribution in [0.15, 0.2) is 74.1 Å². The molecule has 0 spiro atoms. The number of hydrogen-bond acceptors (Lipinski definition) is 5. The van der Waals surface area contributed by atoms with Gasteiger partial charge in [-0.2, -0.15) is 0 Å². The Hall–Kier alpha value is -2.77. The third-order valence-corrected chi connectivity index (χ3v) is 5.88. The third kappa shape index (κ3) is 4.63. The number of rotatable bonds is 8. The van der Waals surface area contributed by atoms with Crippen molar-refractivity contribution in [1.82, 2.24) is 9.55 Å². The van der Waals surface area contributed by atoms with Crippen LogP contribution in [-0.2, 0) is 18.1 Å². The number of aromatic amines is 1. The summed E-state index contributed by atoms with van der Waals surface area (Å²) in [5.41, 5.74) is 0.926. The molecule has 7 heteroatoms. The summed E-state index contributed by atoms with van der Waals surface area (Å²) in [6.07, 6.45) is 1.91. The number of nitrogens with one attached hydrogen (secondary N) is 1. The van der Waals surface area contributed by atoms with E-state index in [0.29, 0.717) is 17.2 Å². The standard InChI is InChI=1S/C22H22N2O4S/c1-27-17-8-5-9-18(12-17)29-21-19(16-10-11-16)20(25)23-22(26)24(21)14-28-13-15-6-3-2-4-7-15/h2-9,12,16H,10-11,13-14H2,1H3,(H,23,25,26). The van der Waals surface area contributed by atoms with Crippen LogP contribution in [0.25, 0.3) is 0 Å². The molecule has 0 saturated heterocycles. The van der Waals surface area contributed by atoms with Crippen LogP contribution in [0.2, 0.25) is 0 Å². The molecule has 0 amide bonds. The summed E-state index contributed by atoms with van der Waals surface area (Å²) in [5, 5.41) is 0.641. The van der Waals surface area contributed by atoms with Gasteiger partial charge in [-0.3, -0.25) is 14.3 Å². The van der Waals surface area contributed by atoms with Gasteiger partial charge in [-0.15, -0.1) is 0 Å². The lowest BCUT2D eigenvalue weighted by atomic mass is 10.2. The van der Waals surface area contributed by atoms with Gasteiger partial charge in [-0.1, -0.05) is 48.2 Å². The van der Waals surface area contributed by atoms with Gasteiger partial charge in [0.1, 0.15) is 12.5 Å². The van der Waals surface area contributed by atoms with E-state index in [-0.39, 0.29) is 18.2 Å². The van der Waals surface area contributed by atoms with Crippen molar-refractivity contribution >= 4 is 11.8 Å². The van der Waals surface area contributed by atoms with Gasteiger partial charge < -0.3 is 9.47 Å². The Morgan fingerprint density at radius 3 is 2.62 bits per heavy atom. The highest BCUT2D eigenvalue weighted by atomic mass is 32.2. The van der Waals surface area contributed by atoms with E-state index >= 15 is 0 Å². The molecular weight excluding hydrogens is 388 g/mol. The van der Waals surface area contributed by atoms with Gasteiger partial charge in [0.2, 0.25) is 0 Å². The largest absolute Gasteiger partial charge is 0.497 e. The lowest BCUT2D eigenvalue weighted by Gasteiger charge is -2.16. The second-order valence-electron chi connectivity index (χ2n) is 6.92. The van der Waals surface area contributed by atoms with Crippen LogP contribution in [0.3, 0.4) is 0 Å². The number of aromatic nitrogens is 2. The number of methoxy groups -OCH3 is 1. The zero-order valence-electron chi connectivity index (χ0n) is 16.1. The quantitative estimate of drug-likeness (QED) is 0.573. The molecular formula is C22H22N2O4S. The lowest BCUT2D eigenvalue weighted by molar-refractivity contribution is 0.0550. The highest BCUT2D eigenvalue weighted by Crippen LogP contribution is 2.43. The maximum absolute atomic E-state index is 12.6. The molecule has 0 radical (unpaired) electrons. The highest BCUT2D eigenvalue weighted by molar-refractivity contribution is 7.99. The van der Waals surface area contributed by atoms with E-state index in [1.807, 2.05) is 54.6 Å². The second-order valence-corrected chi connectivity index (χ2v) is 7.99. The number of ether oxygens (including phenoxy) is 2. The molecule has 0 atom stereocenters. The normalized spacial score (nSPS) is 13.4. The minimum absolute atomic E-state index is 0.0660. The van der Waals surface area contributed by atoms with Crippen molar-refractivity contribution in [3.8, 4) is 5.75 Å². The van der Waals surface area contributed by atoms with Crippen LogP contribution in [0, 0.1) is 0 Å². The van der Waals surface area contributed by atoms with Gasteiger partial charge >= 0.3 is 5.69 Å². The number of nitrogens with zero attached hydrogens (tertiary/aromatic N) is 1. The van der Waals surface area contributed by atoms with Crippen molar-refractivity contribution in [2.75, 3.05) is 7.11 Å². The summed E-state index contributed by atoms with van der Waals surface area (Å²) in [6.45, 7) is 0.449. The first kappa shape index (κ1) is 19.5. The van der Waals surface area contributed by atoms with Crippen LogP contribution >= 0.6 is 11.8 Å². The van der Waals surface area contributed by atoms with E-state index in [1.165, 1.54) is 16.3 Å². The summed E-state index contributed by atoms with van der Waals surface area (Å²) in [5.74, 6) is 0.912. The zero-order chi connectivity index (χ0) is 20.2. The topological polar surface area (TPSA) is 73.3 Å². The Labute approximate surface area is 172 Å². The van der Waals surface area contributed by atoms with Gasteiger partial charge in [0.25, 0.3) is 5.56 Å². The SMILES string of the molecule is COc1cccc(Sc2c(C3CC3)c(=O)[nH]c(=O)n2COCc2ccccc2)c1. The van der Waals surface area contributed by atoms with E-state index in [0.717, 1.165) is 29.1 Å². The molecule has 1 fully saturated rings. The first-order valence-electron chi connectivity index (χ1n) is 9.46. The molecule has 150 valence electrons. The predicted molar refractivity (Wildman–Crippen MR) is 112 cm³/mol. The molecule has 6 nitrogen and oxygen atoms in total. The average Bonchev–Trinajstić information content (AvgIpc) is 3.56. The molecule has 1 aliphatic rings. The van der Waals surface area contributed by atoms with Crippen LogP contribution in [0.1, 0.15) is 29.9 Å². The van der Waals surface area contributed by atoms with Gasteiger partial charge in [-0.05, 0) is 42.5 Å². The number of H-pyrrole nitrogens is 1. The van der Waals surface area contributed by atoms with Gasteiger partial charge in [0, 0.05) is 4.90 Å². The van der Waals surface area contributed by atoms with E-state index in [4.69, 9.17) is 9.47 Å². The molecule has 0 aliphatic heterocycles. The summed E-state index contributed by atoms with van der Waals surface area (Å²) in [7, 11) is 1.61. The maximum atomic E-state index is 12.6. The fourth-order valence-electron chi connectivity index (χ4n) is 3.13. The molecule has 0 unspecified atom stereocenters. The van der Waals surface area contributed by atoms with Gasteiger partial charge in [0.15, 0.2) is 0 Å². The zero-order valence-corrected chi connectivity index (χ0v) is 16.9. The molecule has 1 aliphatic carbocycles. The Kier molecular flexibility index (Phi) is 5.87. The Morgan fingerprint density at radius 1 is 1.10 bits per heavy atom. The number of benzene rings is 2. The van der Waals surface area contributed by atoms with Crippen LogP contribution in [0.4, 0.5) is 0 Å². The fraction of sp³-hybridized carbons (Fsp3) is 0.273.